The normalized spacial score (nSPS) is 16.2. The highest BCUT2D eigenvalue weighted by Crippen LogP contribution is 2.51. The average molecular weight is 721 g/mol. The lowest BCUT2D eigenvalue weighted by Crippen LogP contribution is -2.36. The molecule has 0 amide bonds. The SMILES string of the molecule is C1=CC(n2c3cc(-c4ccccc4)ccc3c3ccc(-c4ccccc4)cc32)=C2Oc3cccc(C4N=C(c5ccccc5)NC(c5ccccc5)=N4)c3C2C1. The zero-order valence-corrected chi connectivity index (χ0v) is 30.5. The van der Waals surface area contributed by atoms with Crippen molar-refractivity contribution in [2.24, 2.45) is 9.98 Å². The molecule has 0 radical (unpaired) electrons. The summed E-state index contributed by atoms with van der Waals surface area (Å²) in [6, 6.07) is 61.9. The lowest BCUT2D eigenvalue weighted by molar-refractivity contribution is 0.426. The first-order chi connectivity index (χ1) is 27.8. The molecule has 11 rings (SSSR count). The predicted molar refractivity (Wildman–Crippen MR) is 229 cm³/mol. The Balaban J connectivity index is 1.10. The van der Waals surface area contributed by atoms with Gasteiger partial charge in [0.15, 0.2) is 6.17 Å². The minimum absolute atomic E-state index is 0.00366. The zero-order chi connectivity index (χ0) is 37.0. The van der Waals surface area contributed by atoms with Gasteiger partial charge in [-0.3, -0.25) is 0 Å². The van der Waals surface area contributed by atoms with Crippen LogP contribution in [0.3, 0.4) is 0 Å². The number of amidine groups is 2. The van der Waals surface area contributed by atoms with Crippen LogP contribution >= 0.6 is 0 Å². The van der Waals surface area contributed by atoms with Crippen molar-refractivity contribution >= 4 is 39.2 Å². The maximum atomic E-state index is 7.02. The molecule has 1 N–H and O–H groups in total. The van der Waals surface area contributed by atoms with Crippen LogP contribution < -0.4 is 10.1 Å². The molecule has 8 aromatic rings. The zero-order valence-electron chi connectivity index (χ0n) is 30.5. The van der Waals surface area contributed by atoms with E-state index >= 15 is 0 Å². The van der Waals surface area contributed by atoms with E-state index in [1.54, 1.807) is 0 Å². The number of rotatable bonds is 6. The third-order valence-corrected chi connectivity index (χ3v) is 11.2. The number of nitrogens with zero attached hydrogens (tertiary/aromatic N) is 3. The third kappa shape index (κ3) is 5.39. The Morgan fingerprint density at radius 2 is 1.04 bits per heavy atom. The van der Waals surface area contributed by atoms with Gasteiger partial charge in [-0.1, -0.05) is 164 Å². The number of allylic oxidation sites excluding steroid dienone is 4. The van der Waals surface area contributed by atoms with Crippen molar-refractivity contribution in [1.29, 1.82) is 0 Å². The van der Waals surface area contributed by atoms with Crippen LogP contribution in [0.25, 0.3) is 49.8 Å². The van der Waals surface area contributed by atoms with E-state index in [9.17, 15) is 0 Å². The van der Waals surface area contributed by atoms with Gasteiger partial charge in [-0.25, -0.2) is 9.98 Å². The lowest BCUT2D eigenvalue weighted by Gasteiger charge is -2.25. The number of hydrogen-bond donors (Lipinski definition) is 1. The minimum Gasteiger partial charge on any atom is -0.459 e. The van der Waals surface area contributed by atoms with E-state index in [4.69, 9.17) is 14.7 Å². The summed E-state index contributed by atoms with van der Waals surface area (Å²) in [6.45, 7) is 0. The van der Waals surface area contributed by atoms with Crippen molar-refractivity contribution in [2.45, 2.75) is 18.5 Å². The molecule has 0 bridgehead atoms. The molecule has 7 aromatic carbocycles. The highest BCUT2D eigenvalue weighted by atomic mass is 16.5. The fraction of sp³-hybridized carbons (Fsp3) is 0.0588. The standard InChI is InChI=1S/C51H36N4O/c1-5-15-33(16-6-1)37-27-29-39-40-30-28-38(34-17-7-2-8-18-34)32-45(40)55(44(39)31-37)43-25-13-23-41-47-42(24-14-26-46(47)56-48(41)43)51-53-49(35-19-9-3-10-20-35)52-50(54-51)36-21-11-4-12-22-36/h1-22,24-32,41,51H,23H2,(H,52,53,54). The third-order valence-electron chi connectivity index (χ3n) is 11.2. The molecule has 3 aliphatic rings. The van der Waals surface area contributed by atoms with Crippen LogP contribution in [0.2, 0.25) is 0 Å². The van der Waals surface area contributed by atoms with Crippen molar-refractivity contribution < 1.29 is 4.74 Å². The Morgan fingerprint density at radius 1 is 0.518 bits per heavy atom. The molecule has 0 fully saturated rings. The van der Waals surface area contributed by atoms with Crippen molar-refractivity contribution in [2.75, 3.05) is 0 Å². The molecule has 266 valence electrons. The molecule has 3 heterocycles. The number of benzene rings is 7. The number of ether oxygens (including phenoxy) is 1. The molecule has 56 heavy (non-hydrogen) atoms. The first-order valence-electron chi connectivity index (χ1n) is 19.2. The molecule has 0 spiro atoms. The molecular weight excluding hydrogens is 685 g/mol. The highest BCUT2D eigenvalue weighted by molar-refractivity contribution is 6.16. The smallest absolute Gasteiger partial charge is 0.170 e. The summed E-state index contributed by atoms with van der Waals surface area (Å²) in [5, 5.41) is 5.96. The van der Waals surface area contributed by atoms with Crippen LogP contribution in [0.15, 0.2) is 204 Å². The maximum Gasteiger partial charge on any atom is 0.170 e. The summed E-state index contributed by atoms with van der Waals surface area (Å²) in [5.41, 5.74) is 12.3. The van der Waals surface area contributed by atoms with Gasteiger partial charge in [0, 0.05) is 33.0 Å². The van der Waals surface area contributed by atoms with Crippen LogP contribution in [-0.2, 0) is 0 Å². The van der Waals surface area contributed by atoms with Gasteiger partial charge >= 0.3 is 0 Å². The van der Waals surface area contributed by atoms with Gasteiger partial charge < -0.3 is 14.6 Å². The Bertz CT molecular complexity index is 2770. The van der Waals surface area contributed by atoms with Crippen LogP contribution in [0.1, 0.15) is 40.8 Å². The molecule has 1 unspecified atom stereocenters. The van der Waals surface area contributed by atoms with Crippen molar-refractivity contribution in [3.8, 4) is 28.0 Å². The van der Waals surface area contributed by atoms with E-state index < -0.39 is 6.17 Å². The second kappa shape index (κ2) is 13.3. The van der Waals surface area contributed by atoms with Crippen molar-refractivity contribution in [1.82, 2.24) is 9.88 Å². The van der Waals surface area contributed by atoms with Gasteiger partial charge in [0.1, 0.15) is 23.2 Å². The van der Waals surface area contributed by atoms with Crippen LogP contribution in [0.4, 0.5) is 0 Å². The topological polar surface area (TPSA) is 50.9 Å². The summed E-state index contributed by atoms with van der Waals surface area (Å²) in [7, 11) is 0. The Labute approximate surface area is 325 Å². The van der Waals surface area contributed by atoms with Crippen LogP contribution in [-0.4, -0.2) is 16.2 Å². The average Bonchev–Trinajstić information content (AvgIpc) is 3.83. The van der Waals surface area contributed by atoms with Gasteiger partial charge in [-0.2, -0.15) is 0 Å². The summed E-state index contributed by atoms with van der Waals surface area (Å²) >= 11 is 0. The van der Waals surface area contributed by atoms with Gasteiger partial charge in [0.2, 0.25) is 0 Å². The Kier molecular flexibility index (Phi) is 7.62. The monoisotopic (exact) mass is 720 g/mol. The Morgan fingerprint density at radius 3 is 1.57 bits per heavy atom. The fourth-order valence-electron chi connectivity index (χ4n) is 8.58. The quantitative estimate of drug-likeness (QED) is 0.186. The second-order valence-electron chi connectivity index (χ2n) is 14.5. The summed E-state index contributed by atoms with van der Waals surface area (Å²) < 4.78 is 9.45. The van der Waals surface area contributed by atoms with Gasteiger partial charge in [0.05, 0.1) is 22.6 Å². The van der Waals surface area contributed by atoms with Gasteiger partial charge in [0.25, 0.3) is 0 Å². The van der Waals surface area contributed by atoms with E-state index in [1.165, 1.54) is 33.0 Å². The maximum absolute atomic E-state index is 7.02. The number of aliphatic imine (C=N–C) groups is 2. The first kappa shape index (κ1) is 32.2. The molecule has 1 aliphatic carbocycles. The van der Waals surface area contributed by atoms with Crippen molar-refractivity contribution in [3.63, 3.8) is 0 Å². The number of nitrogens with one attached hydrogen (secondary N) is 1. The summed E-state index contributed by atoms with van der Waals surface area (Å²) in [5.74, 6) is 3.43. The predicted octanol–water partition coefficient (Wildman–Crippen LogP) is 11.9. The van der Waals surface area contributed by atoms with E-state index in [-0.39, 0.29) is 5.92 Å². The van der Waals surface area contributed by atoms with E-state index in [0.717, 1.165) is 68.6 Å². The lowest BCUT2D eigenvalue weighted by atomic mass is 9.87. The number of fused-ring (bicyclic) bond motifs is 6. The number of hydrogen-bond acceptors (Lipinski definition) is 4. The second-order valence-corrected chi connectivity index (χ2v) is 14.5. The molecule has 5 nitrogen and oxygen atoms in total. The highest BCUT2D eigenvalue weighted by Gasteiger charge is 2.38. The molecule has 5 heteroatoms. The van der Waals surface area contributed by atoms with Crippen LogP contribution in [0, 0.1) is 0 Å². The van der Waals surface area contributed by atoms with E-state index in [1.807, 2.05) is 36.4 Å². The first-order valence-corrected chi connectivity index (χ1v) is 19.2. The molecule has 0 saturated heterocycles. The molecular formula is C51H36N4O. The van der Waals surface area contributed by atoms with E-state index in [0.29, 0.717) is 0 Å². The number of aromatic nitrogens is 1. The largest absolute Gasteiger partial charge is 0.459 e. The molecule has 2 aliphatic heterocycles. The Hall–Kier alpha value is -7.24. The summed E-state index contributed by atoms with van der Waals surface area (Å²) in [4.78, 5) is 10.5. The minimum atomic E-state index is -0.455. The van der Waals surface area contributed by atoms with Gasteiger partial charge in [-0.15, -0.1) is 0 Å². The van der Waals surface area contributed by atoms with Gasteiger partial charge in [-0.05, 0) is 52.9 Å². The van der Waals surface area contributed by atoms with Crippen molar-refractivity contribution in [3.05, 3.63) is 216 Å². The summed E-state index contributed by atoms with van der Waals surface area (Å²) in [6.07, 6.45) is 4.92. The molecule has 1 aromatic heterocycles. The molecule has 0 saturated carbocycles. The fourth-order valence-corrected chi connectivity index (χ4v) is 8.58. The van der Waals surface area contributed by atoms with Crippen LogP contribution in [0.5, 0.6) is 5.75 Å². The molecule has 1 atom stereocenters. The van der Waals surface area contributed by atoms with E-state index in [2.05, 4.69) is 162 Å².